The van der Waals surface area contributed by atoms with Crippen molar-refractivity contribution in [3.63, 3.8) is 0 Å². The van der Waals surface area contributed by atoms with Gasteiger partial charge in [0.1, 0.15) is 11.6 Å². The van der Waals surface area contributed by atoms with E-state index in [9.17, 15) is 4.39 Å². The average molecular weight is 324 g/mol. The van der Waals surface area contributed by atoms with Gasteiger partial charge in [-0.3, -0.25) is 0 Å². The Morgan fingerprint density at radius 2 is 2.05 bits per heavy atom. The number of nitrogens with one attached hydrogen (secondary N) is 1. The zero-order valence-electron chi connectivity index (χ0n) is 10.7. The highest BCUT2D eigenvalue weighted by atomic mass is 79.9. The van der Waals surface area contributed by atoms with Gasteiger partial charge in [0.05, 0.1) is 6.04 Å². The summed E-state index contributed by atoms with van der Waals surface area (Å²) in [6.07, 6.45) is 1.70. The molecule has 1 aromatic heterocycles. The quantitative estimate of drug-likeness (QED) is 0.912. The zero-order chi connectivity index (χ0) is 14.0. The van der Waals surface area contributed by atoms with Gasteiger partial charge in [-0.2, -0.15) is 0 Å². The Hall–Kier alpha value is -1.46. The van der Waals surface area contributed by atoms with E-state index in [2.05, 4.69) is 26.2 Å². The van der Waals surface area contributed by atoms with Crippen molar-refractivity contribution in [1.29, 1.82) is 0 Å². The molecule has 5 heteroatoms. The van der Waals surface area contributed by atoms with Crippen LogP contribution in [0.4, 0.5) is 10.2 Å². The Labute approximate surface area is 120 Å². The predicted molar refractivity (Wildman–Crippen MR) is 78.4 cm³/mol. The molecule has 2 aromatic rings. The number of hydrogen-bond donors (Lipinski definition) is 2. The molecule has 0 spiro atoms. The first-order valence-electron chi connectivity index (χ1n) is 5.87. The van der Waals surface area contributed by atoms with Gasteiger partial charge >= 0.3 is 0 Å². The van der Waals surface area contributed by atoms with Crippen LogP contribution < -0.4 is 11.1 Å². The molecule has 1 unspecified atom stereocenters. The largest absolute Gasteiger partial charge is 0.383 e. The van der Waals surface area contributed by atoms with E-state index in [1.54, 1.807) is 19.3 Å². The highest BCUT2D eigenvalue weighted by molar-refractivity contribution is 9.10. The second kappa shape index (κ2) is 5.67. The van der Waals surface area contributed by atoms with Crippen molar-refractivity contribution in [3.05, 3.63) is 57.4 Å². The van der Waals surface area contributed by atoms with Gasteiger partial charge in [0.15, 0.2) is 0 Å². The van der Waals surface area contributed by atoms with Crippen molar-refractivity contribution in [2.75, 3.05) is 12.8 Å². The monoisotopic (exact) mass is 323 g/mol. The molecular weight excluding hydrogens is 309 g/mol. The zero-order valence-corrected chi connectivity index (χ0v) is 12.3. The van der Waals surface area contributed by atoms with Gasteiger partial charge < -0.3 is 11.1 Å². The van der Waals surface area contributed by atoms with Crippen molar-refractivity contribution >= 4 is 21.7 Å². The van der Waals surface area contributed by atoms with Gasteiger partial charge in [-0.05, 0) is 37.7 Å². The van der Waals surface area contributed by atoms with E-state index < -0.39 is 0 Å². The number of nitrogen functional groups attached to an aromatic ring is 1. The van der Waals surface area contributed by atoms with Crippen molar-refractivity contribution < 1.29 is 4.39 Å². The minimum Gasteiger partial charge on any atom is -0.383 e. The third-order valence-electron chi connectivity index (χ3n) is 2.96. The summed E-state index contributed by atoms with van der Waals surface area (Å²) in [4.78, 5) is 4.13. The van der Waals surface area contributed by atoms with E-state index in [0.717, 1.165) is 11.1 Å². The molecular formula is C14H15BrFN3. The Morgan fingerprint density at radius 1 is 1.32 bits per heavy atom. The second-order valence-electron chi connectivity index (χ2n) is 4.37. The summed E-state index contributed by atoms with van der Waals surface area (Å²) < 4.78 is 14.8. The van der Waals surface area contributed by atoms with Crippen LogP contribution >= 0.6 is 15.9 Å². The molecule has 1 heterocycles. The molecule has 19 heavy (non-hydrogen) atoms. The van der Waals surface area contributed by atoms with Crippen LogP contribution in [0.3, 0.4) is 0 Å². The SMILES string of the molecule is CNC(c1ccc(Br)cc1F)c1cc(C)cnc1N. The van der Waals surface area contributed by atoms with Crippen LogP contribution in [0.25, 0.3) is 0 Å². The maximum absolute atomic E-state index is 14.1. The van der Waals surface area contributed by atoms with Gasteiger partial charge in [-0.15, -0.1) is 0 Å². The second-order valence-corrected chi connectivity index (χ2v) is 5.29. The molecule has 3 nitrogen and oxygen atoms in total. The first kappa shape index (κ1) is 14.0. The number of benzene rings is 1. The predicted octanol–water partition coefficient (Wildman–Crippen LogP) is 3.18. The van der Waals surface area contributed by atoms with E-state index >= 15 is 0 Å². The molecule has 0 amide bonds. The standard InChI is InChI=1S/C14H15BrFN3/c1-8-5-11(14(17)19-7-8)13(18-2)10-4-3-9(15)6-12(10)16/h3-7,13,18H,1-2H3,(H2,17,19). The van der Waals surface area contributed by atoms with Gasteiger partial charge in [-0.25, -0.2) is 9.37 Å². The lowest BCUT2D eigenvalue weighted by Gasteiger charge is -2.19. The summed E-state index contributed by atoms with van der Waals surface area (Å²) in [6, 6.07) is 6.59. The van der Waals surface area contributed by atoms with Crippen LogP contribution in [-0.4, -0.2) is 12.0 Å². The van der Waals surface area contributed by atoms with Crippen LogP contribution in [0.15, 0.2) is 34.9 Å². The van der Waals surface area contributed by atoms with E-state index in [0.29, 0.717) is 15.9 Å². The minimum atomic E-state index is -0.319. The summed E-state index contributed by atoms with van der Waals surface area (Å²) in [7, 11) is 1.77. The lowest BCUT2D eigenvalue weighted by Crippen LogP contribution is -2.21. The lowest BCUT2D eigenvalue weighted by molar-refractivity contribution is 0.575. The van der Waals surface area contributed by atoms with Gasteiger partial charge in [0, 0.05) is 21.8 Å². The van der Waals surface area contributed by atoms with Crippen molar-refractivity contribution in [2.24, 2.45) is 0 Å². The molecule has 0 bridgehead atoms. The molecule has 0 radical (unpaired) electrons. The number of aromatic nitrogens is 1. The fourth-order valence-corrected chi connectivity index (χ4v) is 2.38. The molecule has 1 aromatic carbocycles. The van der Waals surface area contributed by atoms with E-state index in [1.165, 1.54) is 6.07 Å². The molecule has 3 N–H and O–H groups in total. The molecule has 0 saturated carbocycles. The molecule has 0 aliphatic heterocycles. The number of nitrogens with two attached hydrogens (primary N) is 1. The summed E-state index contributed by atoms with van der Waals surface area (Å²) in [5.41, 5.74) is 8.22. The fraction of sp³-hybridized carbons (Fsp3) is 0.214. The molecule has 0 fully saturated rings. The number of nitrogens with zero attached hydrogens (tertiary/aromatic N) is 1. The highest BCUT2D eigenvalue weighted by Crippen LogP contribution is 2.29. The summed E-state index contributed by atoms with van der Waals surface area (Å²) >= 11 is 3.25. The van der Waals surface area contributed by atoms with Crippen molar-refractivity contribution in [2.45, 2.75) is 13.0 Å². The molecule has 0 aliphatic carbocycles. The fourth-order valence-electron chi connectivity index (χ4n) is 2.05. The average Bonchev–Trinajstić information content (AvgIpc) is 2.36. The van der Waals surface area contributed by atoms with E-state index in [4.69, 9.17) is 5.73 Å². The number of aryl methyl sites for hydroxylation is 1. The molecule has 0 saturated heterocycles. The van der Waals surface area contributed by atoms with Crippen LogP contribution in [-0.2, 0) is 0 Å². The molecule has 1 atom stereocenters. The first-order valence-corrected chi connectivity index (χ1v) is 6.66. The normalized spacial score (nSPS) is 12.4. The maximum Gasteiger partial charge on any atom is 0.129 e. The van der Waals surface area contributed by atoms with E-state index in [1.807, 2.05) is 19.1 Å². The summed E-state index contributed by atoms with van der Waals surface area (Å²) in [6.45, 7) is 1.93. The summed E-state index contributed by atoms with van der Waals surface area (Å²) in [5, 5.41) is 3.09. The number of pyridine rings is 1. The lowest BCUT2D eigenvalue weighted by atomic mass is 9.98. The Bertz CT molecular complexity index is 601. The van der Waals surface area contributed by atoms with Crippen molar-refractivity contribution in [3.8, 4) is 0 Å². The molecule has 0 aliphatic rings. The Kier molecular flexibility index (Phi) is 4.17. The highest BCUT2D eigenvalue weighted by Gasteiger charge is 2.19. The third kappa shape index (κ3) is 2.93. The number of rotatable bonds is 3. The van der Waals surface area contributed by atoms with Crippen LogP contribution in [0, 0.1) is 12.7 Å². The first-order chi connectivity index (χ1) is 9.02. The van der Waals surface area contributed by atoms with Crippen LogP contribution in [0.5, 0.6) is 0 Å². The van der Waals surface area contributed by atoms with Crippen LogP contribution in [0.2, 0.25) is 0 Å². The Morgan fingerprint density at radius 3 is 2.68 bits per heavy atom. The minimum absolute atomic E-state index is 0.283. The van der Waals surface area contributed by atoms with Crippen LogP contribution in [0.1, 0.15) is 22.7 Å². The number of anilines is 1. The van der Waals surface area contributed by atoms with Gasteiger partial charge in [0.25, 0.3) is 0 Å². The molecule has 100 valence electrons. The summed E-state index contributed by atoms with van der Waals surface area (Å²) in [5.74, 6) is 0.127. The molecule has 2 rings (SSSR count). The number of hydrogen-bond acceptors (Lipinski definition) is 3. The van der Waals surface area contributed by atoms with Gasteiger partial charge in [-0.1, -0.05) is 22.0 Å². The Balaban J connectivity index is 2.52. The van der Waals surface area contributed by atoms with Crippen molar-refractivity contribution in [1.82, 2.24) is 10.3 Å². The topological polar surface area (TPSA) is 50.9 Å². The smallest absolute Gasteiger partial charge is 0.129 e. The van der Waals surface area contributed by atoms with Gasteiger partial charge in [0.2, 0.25) is 0 Å². The maximum atomic E-state index is 14.1. The van der Waals surface area contributed by atoms with E-state index in [-0.39, 0.29) is 11.9 Å². The number of halogens is 2. The third-order valence-corrected chi connectivity index (χ3v) is 3.45.